The second-order valence-corrected chi connectivity index (χ2v) is 6.28. The lowest BCUT2D eigenvalue weighted by Gasteiger charge is -2.25. The molecule has 0 aliphatic carbocycles. The molecule has 1 aromatic heterocycles. The Balaban J connectivity index is 1.67. The molecule has 7 heteroatoms. The number of ether oxygens (including phenoxy) is 1. The number of methoxy groups -OCH3 is 1. The van der Waals surface area contributed by atoms with Crippen LogP contribution in [0.15, 0.2) is 0 Å². The predicted octanol–water partition coefficient (Wildman–Crippen LogP) is 0.168. The quantitative estimate of drug-likeness (QED) is 0.759. The van der Waals surface area contributed by atoms with E-state index in [1.165, 1.54) is 6.42 Å². The molecule has 3 rings (SSSR count). The van der Waals surface area contributed by atoms with Crippen molar-refractivity contribution in [3.63, 3.8) is 0 Å². The van der Waals surface area contributed by atoms with Gasteiger partial charge in [-0.05, 0) is 24.8 Å². The number of carbonyl (C=O) groups is 1. The third-order valence-electron chi connectivity index (χ3n) is 4.68. The van der Waals surface area contributed by atoms with Gasteiger partial charge in [0.2, 0.25) is 5.82 Å². The highest BCUT2D eigenvalue weighted by Gasteiger charge is 2.38. The molecule has 1 aromatic rings. The monoisotopic (exact) mass is 307 g/mol. The highest BCUT2D eigenvalue weighted by atomic mass is 16.5. The molecule has 22 heavy (non-hydrogen) atoms. The van der Waals surface area contributed by atoms with E-state index in [2.05, 4.69) is 27.3 Å². The Kier molecular flexibility index (Phi) is 4.73. The molecule has 2 aliphatic heterocycles. The summed E-state index contributed by atoms with van der Waals surface area (Å²) in [5.41, 5.74) is 0. The Morgan fingerprint density at radius 1 is 1.32 bits per heavy atom. The van der Waals surface area contributed by atoms with Crippen LogP contribution in [0.4, 0.5) is 0 Å². The van der Waals surface area contributed by atoms with Gasteiger partial charge < -0.3 is 19.5 Å². The number of fused-ring (bicyclic) bond motifs is 2. The zero-order chi connectivity index (χ0) is 15.5. The van der Waals surface area contributed by atoms with E-state index in [0.29, 0.717) is 30.8 Å². The van der Waals surface area contributed by atoms with Crippen LogP contribution < -0.4 is 5.32 Å². The smallest absolute Gasteiger partial charge is 0.289 e. The van der Waals surface area contributed by atoms with Crippen LogP contribution in [0, 0.1) is 11.8 Å². The number of amides is 1. The summed E-state index contributed by atoms with van der Waals surface area (Å²) in [5.74, 6) is 2.51. The maximum atomic E-state index is 12.2. The van der Waals surface area contributed by atoms with Crippen LogP contribution in [-0.4, -0.2) is 65.5 Å². The lowest BCUT2D eigenvalue weighted by Crippen LogP contribution is -2.34. The van der Waals surface area contributed by atoms with E-state index in [0.717, 1.165) is 38.4 Å². The molecular weight excluding hydrogens is 282 g/mol. The molecule has 1 N–H and O–H groups in total. The van der Waals surface area contributed by atoms with Crippen molar-refractivity contribution in [1.29, 1.82) is 0 Å². The van der Waals surface area contributed by atoms with Gasteiger partial charge in [-0.1, -0.05) is 6.92 Å². The molecule has 0 bridgehead atoms. The second kappa shape index (κ2) is 6.75. The first-order valence-corrected chi connectivity index (χ1v) is 8.14. The Morgan fingerprint density at radius 3 is 2.91 bits per heavy atom. The van der Waals surface area contributed by atoms with Gasteiger partial charge in [0.15, 0.2) is 0 Å². The Hall–Kier alpha value is -1.47. The molecule has 0 spiro atoms. The molecule has 1 saturated heterocycles. The lowest BCUT2D eigenvalue weighted by molar-refractivity contribution is 0.0918. The van der Waals surface area contributed by atoms with Gasteiger partial charge in [0, 0.05) is 39.7 Å². The summed E-state index contributed by atoms with van der Waals surface area (Å²) in [6.07, 6.45) is 2.13. The molecule has 1 fully saturated rings. The van der Waals surface area contributed by atoms with Crippen molar-refractivity contribution in [2.75, 3.05) is 39.9 Å². The van der Waals surface area contributed by atoms with Gasteiger partial charge in [-0.25, -0.2) is 0 Å². The Labute approximate surface area is 131 Å². The first-order valence-electron chi connectivity index (χ1n) is 8.14. The first kappa shape index (κ1) is 15.4. The summed E-state index contributed by atoms with van der Waals surface area (Å²) in [7, 11) is 1.62. The number of hydrogen-bond donors (Lipinski definition) is 1. The van der Waals surface area contributed by atoms with Gasteiger partial charge in [0.25, 0.3) is 5.91 Å². The van der Waals surface area contributed by atoms with Gasteiger partial charge in [-0.15, -0.1) is 10.2 Å². The number of hydrogen-bond acceptors (Lipinski definition) is 5. The SMILES string of the molecule is CCCN1CC2Cc3nnc(C(=O)NCCOC)n3CC2C1. The molecule has 2 unspecified atom stereocenters. The van der Waals surface area contributed by atoms with Crippen molar-refractivity contribution >= 4 is 5.91 Å². The molecular formula is C15H25N5O2. The van der Waals surface area contributed by atoms with E-state index in [-0.39, 0.29) is 5.91 Å². The topological polar surface area (TPSA) is 72.3 Å². The minimum Gasteiger partial charge on any atom is -0.383 e. The van der Waals surface area contributed by atoms with Gasteiger partial charge in [-0.2, -0.15) is 0 Å². The van der Waals surface area contributed by atoms with Crippen molar-refractivity contribution in [1.82, 2.24) is 25.0 Å². The average molecular weight is 307 g/mol. The zero-order valence-electron chi connectivity index (χ0n) is 13.4. The van der Waals surface area contributed by atoms with Gasteiger partial charge in [-0.3, -0.25) is 4.79 Å². The lowest BCUT2D eigenvalue weighted by atomic mass is 9.89. The number of likely N-dealkylation sites (tertiary alicyclic amines) is 1. The number of nitrogens with one attached hydrogen (secondary N) is 1. The maximum absolute atomic E-state index is 12.2. The maximum Gasteiger partial charge on any atom is 0.289 e. The van der Waals surface area contributed by atoms with Crippen molar-refractivity contribution in [3.8, 4) is 0 Å². The van der Waals surface area contributed by atoms with Crippen LogP contribution in [0.2, 0.25) is 0 Å². The summed E-state index contributed by atoms with van der Waals surface area (Å²) in [6.45, 7) is 7.52. The molecule has 0 saturated carbocycles. The molecule has 1 amide bonds. The van der Waals surface area contributed by atoms with Crippen LogP contribution >= 0.6 is 0 Å². The largest absolute Gasteiger partial charge is 0.383 e. The van der Waals surface area contributed by atoms with Crippen LogP contribution in [0.1, 0.15) is 29.8 Å². The third kappa shape index (κ3) is 3.01. The number of carbonyl (C=O) groups excluding carboxylic acids is 1. The summed E-state index contributed by atoms with van der Waals surface area (Å²) < 4.78 is 6.96. The fourth-order valence-electron chi connectivity index (χ4n) is 3.63. The van der Waals surface area contributed by atoms with Crippen LogP contribution in [0.5, 0.6) is 0 Å². The Bertz CT molecular complexity index is 530. The van der Waals surface area contributed by atoms with Crippen LogP contribution in [0.25, 0.3) is 0 Å². The standard InChI is InChI=1S/C15H25N5O2/c1-3-5-19-8-11-7-13-17-18-14(15(21)16-4-6-22-2)20(13)10-12(11)9-19/h11-12H,3-10H2,1-2H3,(H,16,21). The number of nitrogens with zero attached hydrogens (tertiary/aromatic N) is 4. The van der Waals surface area contributed by atoms with Gasteiger partial charge >= 0.3 is 0 Å². The molecule has 0 aromatic carbocycles. The number of aromatic nitrogens is 3. The minimum absolute atomic E-state index is 0.155. The predicted molar refractivity (Wildman–Crippen MR) is 81.6 cm³/mol. The summed E-state index contributed by atoms with van der Waals surface area (Å²) >= 11 is 0. The van der Waals surface area contributed by atoms with E-state index < -0.39 is 0 Å². The van der Waals surface area contributed by atoms with Crippen molar-refractivity contribution in [2.45, 2.75) is 26.3 Å². The van der Waals surface area contributed by atoms with Crippen LogP contribution in [0.3, 0.4) is 0 Å². The van der Waals surface area contributed by atoms with Gasteiger partial charge in [0.05, 0.1) is 6.61 Å². The molecule has 2 atom stereocenters. The molecule has 7 nitrogen and oxygen atoms in total. The van der Waals surface area contributed by atoms with E-state index in [9.17, 15) is 4.79 Å². The highest BCUT2D eigenvalue weighted by Crippen LogP contribution is 2.32. The number of rotatable bonds is 6. The van der Waals surface area contributed by atoms with E-state index in [1.807, 2.05) is 4.57 Å². The summed E-state index contributed by atoms with van der Waals surface area (Å²) in [6, 6.07) is 0. The third-order valence-corrected chi connectivity index (χ3v) is 4.68. The normalized spacial score (nSPS) is 24.1. The first-order chi connectivity index (χ1) is 10.7. The van der Waals surface area contributed by atoms with Crippen molar-refractivity contribution < 1.29 is 9.53 Å². The zero-order valence-corrected chi connectivity index (χ0v) is 13.4. The van der Waals surface area contributed by atoms with Crippen LogP contribution in [-0.2, 0) is 17.7 Å². The second-order valence-electron chi connectivity index (χ2n) is 6.28. The highest BCUT2D eigenvalue weighted by molar-refractivity contribution is 5.90. The molecule has 122 valence electrons. The molecule has 0 radical (unpaired) electrons. The average Bonchev–Trinajstić information content (AvgIpc) is 3.07. The van der Waals surface area contributed by atoms with Crippen molar-refractivity contribution in [2.24, 2.45) is 11.8 Å². The molecule has 3 heterocycles. The fourth-order valence-corrected chi connectivity index (χ4v) is 3.63. The van der Waals surface area contributed by atoms with E-state index in [1.54, 1.807) is 7.11 Å². The van der Waals surface area contributed by atoms with E-state index >= 15 is 0 Å². The summed E-state index contributed by atoms with van der Waals surface area (Å²) in [5, 5.41) is 11.2. The minimum atomic E-state index is -0.155. The fraction of sp³-hybridized carbons (Fsp3) is 0.800. The Morgan fingerprint density at radius 2 is 2.14 bits per heavy atom. The van der Waals surface area contributed by atoms with E-state index in [4.69, 9.17) is 4.74 Å². The molecule has 2 aliphatic rings. The van der Waals surface area contributed by atoms with Crippen molar-refractivity contribution in [3.05, 3.63) is 11.6 Å². The van der Waals surface area contributed by atoms with Gasteiger partial charge in [0.1, 0.15) is 5.82 Å². The summed E-state index contributed by atoms with van der Waals surface area (Å²) in [4.78, 5) is 14.7.